The number of benzene rings is 3. The Hall–Kier alpha value is -5.92. The van der Waals surface area contributed by atoms with Gasteiger partial charge in [-0.3, -0.25) is 14.6 Å². The molecular weight excluding hydrogens is 763 g/mol. The lowest BCUT2D eigenvalue weighted by Crippen LogP contribution is -2.55. The van der Waals surface area contributed by atoms with E-state index in [1.165, 1.54) is 11.1 Å². The number of carbonyl (C=O) groups excluding carboxylic acids is 4. The Labute approximate surface area is 371 Å². The largest absolute Gasteiger partial charge is 0.488 e. The molecule has 1 aromatic heterocycles. The molecule has 316 valence electrons. The van der Waals surface area contributed by atoms with E-state index in [-0.39, 0.29) is 25.3 Å². The molecule has 4 aliphatic rings. The Morgan fingerprint density at radius 3 is 2.28 bits per heavy atom. The van der Waals surface area contributed by atoms with E-state index in [2.05, 4.69) is 19.4 Å². The zero-order valence-electron chi connectivity index (χ0n) is 48.4. The first-order valence-corrected chi connectivity index (χ1v) is 19.6. The fraction of sp³-hybridized carbons (Fsp3) is 0.478. The van der Waals surface area contributed by atoms with Crippen molar-refractivity contribution in [2.75, 3.05) is 14.2 Å². The lowest BCUT2D eigenvalue weighted by atomic mass is 9.90. The zero-order chi connectivity index (χ0) is 55.3. The molecule has 3 aromatic carbocycles. The predicted molar refractivity (Wildman–Crippen MR) is 228 cm³/mol. The maximum atomic E-state index is 14.5. The van der Waals surface area contributed by atoms with Gasteiger partial charge < -0.3 is 39.6 Å². The Bertz CT molecular complexity index is 2970. The van der Waals surface area contributed by atoms with Crippen LogP contribution in [-0.4, -0.2) is 93.9 Å². The van der Waals surface area contributed by atoms with Crippen molar-refractivity contribution in [1.29, 1.82) is 0 Å². The van der Waals surface area contributed by atoms with Crippen molar-refractivity contribution in [3.05, 3.63) is 65.6 Å². The summed E-state index contributed by atoms with van der Waals surface area (Å²) in [5.41, 5.74) is 5.63. The summed E-state index contributed by atoms with van der Waals surface area (Å²) in [7, 11) is 1.83. The van der Waals surface area contributed by atoms with Gasteiger partial charge in [0.05, 0.1) is 46.6 Å². The molecule has 5 heterocycles. The molecule has 4 amide bonds. The SMILES string of the molecule is [2H]C([2H])([2H])C(C([2H])([2H])[2H])[C@]([2H])(NC(=O)OC)C(=O)N1[C@@H](C)CC[C@H]1C1=Nc2ccc3cc4c(cc3c2C1)OCc1cc(-c2cnc([C@@H]3CC[C@H](C)N3C(=O)[C@@]([2H])(NC(=O)OC)C([2H])(C([2H])([2H])[2H])C([2H])([2H])[2H])[nH]2)ccc1-4. The maximum absolute atomic E-state index is 14.5. The number of aliphatic imine (C=N–C) groups is 1. The van der Waals surface area contributed by atoms with Gasteiger partial charge in [0.1, 0.15) is 30.2 Å². The topological polar surface area (TPSA) is 168 Å². The number of ether oxygens (including phenoxy) is 3. The highest BCUT2D eigenvalue weighted by Gasteiger charge is 2.43. The smallest absolute Gasteiger partial charge is 0.407 e. The number of likely N-dealkylation sites (tertiary alicyclic amines) is 2. The Balaban J connectivity index is 1.05. The number of fused-ring (bicyclic) bond motifs is 6. The Kier molecular flexibility index (Phi) is 7.14. The third-order valence-corrected chi connectivity index (χ3v) is 11.8. The third-order valence-electron chi connectivity index (χ3n) is 11.8. The molecule has 4 aromatic rings. The van der Waals surface area contributed by atoms with Crippen LogP contribution in [0, 0.1) is 11.8 Å². The van der Waals surface area contributed by atoms with E-state index in [4.69, 9.17) is 28.9 Å². The number of hydrogen-bond acceptors (Lipinski definition) is 9. The molecule has 2 saturated heterocycles. The summed E-state index contributed by atoms with van der Waals surface area (Å²) in [6.07, 6.45) is 0.319. The molecule has 60 heavy (non-hydrogen) atoms. The van der Waals surface area contributed by atoms with Crippen LogP contribution in [0.1, 0.15) is 110 Å². The summed E-state index contributed by atoms with van der Waals surface area (Å²) in [6, 6.07) is 3.55. The monoisotopic (exact) mass is 833 g/mol. The molecule has 0 spiro atoms. The minimum Gasteiger partial charge on any atom is -0.488 e. The molecule has 8 rings (SSSR count). The maximum Gasteiger partial charge on any atom is 0.407 e. The fourth-order valence-electron chi connectivity index (χ4n) is 8.84. The first-order valence-electron chi connectivity index (χ1n) is 27.1. The normalized spacial score (nSPS) is 27.3. The molecule has 0 unspecified atom stereocenters. The van der Waals surface area contributed by atoms with E-state index < -0.39 is 99.4 Å². The van der Waals surface area contributed by atoms with Gasteiger partial charge >= 0.3 is 12.2 Å². The highest BCUT2D eigenvalue weighted by molar-refractivity contribution is 6.06. The number of aromatic nitrogens is 2. The molecular formula is C46H55N7O7. The molecule has 14 heteroatoms. The van der Waals surface area contributed by atoms with E-state index >= 15 is 0 Å². The lowest BCUT2D eigenvalue weighted by Gasteiger charge is -2.33. The quantitative estimate of drug-likeness (QED) is 0.155. The predicted octanol–water partition coefficient (Wildman–Crippen LogP) is 7.61. The molecule has 14 nitrogen and oxygen atoms in total. The zero-order valence-corrected chi connectivity index (χ0v) is 33.4. The van der Waals surface area contributed by atoms with Gasteiger partial charge in [-0.2, -0.15) is 0 Å². The average Bonchev–Trinajstić information content (AvgIpc) is 4.14. The van der Waals surface area contributed by atoms with Crippen LogP contribution in [-0.2, 0) is 32.1 Å². The lowest BCUT2D eigenvalue weighted by molar-refractivity contribution is -0.137. The summed E-state index contributed by atoms with van der Waals surface area (Å²) < 4.78 is 139. The summed E-state index contributed by atoms with van der Waals surface area (Å²) in [4.78, 5) is 69.2. The number of carbonyl (C=O) groups is 4. The second kappa shape index (κ2) is 16.3. The van der Waals surface area contributed by atoms with E-state index in [0.29, 0.717) is 47.7 Å². The first-order chi connectivity index (χ1) is 34.7. The van der Waals surface area contributed by atoms with Crippen molar-refractivity contribution in [3.8, 4) is 28.1 Å². The minimum atomic E-state index is -3.84. The van der Waals surface area contributed by atoms with E-state index in [1.807, 2.05) is 47.8 Å². The minimum absolute atomic E-state index is 0.154. The van der Waals surface area contributed by atoms with Crippen LogP contribution in [0.15, 0.2) is 53.7 Å². The second-order valence-corrected chi connectivity index (χ2v) is 15.4. The van der Waals surface area contributed by atoms with Gasteiger partial charge in [0.2, 0.25) is 11.8 Å². The van der Waals surface area contributed by atoms with Crippen LogP contribution in [0.4, 0.5) is 15.3 Å². The number of rotatable bonds is 9. The Morgan fingerprint density at radius 2 is 1.57 bits per heavy atom. The number of H-pyrrole nitrogens is 1. The fourth-order valence-corrected chi connectivity index (χ4v) is 8.84. The summed E-state index contributed by atoms with van der Waals surface area (Å²) in [6.45, 7) is -10.8. The molecule has 0 saturated carbocycles. The van der Waals surface area contributed by atoms with Crippen molar-refractivity contribution < 1.29 is 54.0 Å². The van der Waals surface area contributed by atoms with E-state index in [1.54, 1.807) is 19.2 Å². The third kappa shape index (κ3) is 7.34. The molecule has 3 N–H and O–H groups in total. The molecule has 0 radical (unpaired) electrons. The van der Waals surface area contributed by atoms with E-state index in [9.17, 15) is 20.5 Å². The summed E-state index contributed by atoms with van der Waals surface area (Å²) in [5.74, 6) is -8.31. The molecule has 0 bridgehead atoms. The highest BCUT2D eigenvalue weighted by Crippen LogP contribution is 2.45. The van der Waals surface area contributed by atoms with Crippen LogP contribution >= 0.6 is 0 Å². The first kappa shape index (κ1) is 26.3. The van der Waals surface area contributed by atoms with E-state index in [0.717, 1.165) is 52.1 Å². The average molecular weight is 833 g/mol. The number of alkyl carbamates (subject to hydrolysis) is 2. The van der Waals surface area contributed by atoms with Gasteiger partial charge in [-0.1, -0.05) is 45.6 Å². The van der Waals surface area contributed by atoms with Gasteiger partial charge in [-0.25, -0.2) is 14.6 Å². The van der Waals surface area contributed by atoms with Crippen molar-refractivity contribution in [1.82, 2.24) is 30.4 Å². The molecule has 4 aliphatic heterocycles. The van der Waals surface area contributed by atoms with Crippen LogP contribution in [0.2, 0.25) is 0 Å². The standard InChI is InChI=1S/C46H55N7O7/c1-23(2)40(50-45(56)58-7)43(54)52-25(5)9-15-37(52)35-19-32-31-20-39-33(18-27(31)12-14-34(32)48-35)30-13-11-28(17-29(30)22-60-39)36-21-47-42(49-36)38-16-10-26(6)53(38)44(55)41(24(3)4)51-46(57)59-8/h11-14,17-18,20-21,23-26,37-38,40-41H,9-10,15-16,19,22H2,1-8H3,(H,47,49)(H,50,56)(H,51,57)/t25-,26-,37-,38-,40-,41-/m0/s1/i1D3,2D3,3D3,4D3,24D,40D,41D. The van der Waals surface area contributed by atoms with Crippen LogP contribution < -0.4 is 15.4 Å². The summed E-state index contributed by atoms with van der Waals surface area (Å²) >= 11 is 0. The Morgan fingerprint density at radius 1 is 0.867 bits per heavy atom. The number of imidazole rings is 1. The number of nitrogens with zero attached hydrogens (tertiary/aromatic N) is 4. The van der Waals surface area contributed by atoms with Crippen LogP contribution in [0.3, 0.4) is 0 Å². The number of aromatic amines is 1. The van der Waals surface area contributed by atoms with Gasteiger partial charge in [0.25, 0.3) is 0 Å². The number of nitrogens with one attached hydrogen (secondary N) is 3. The van der Waals surface area contributed by atoms with Crippen molar-refractivity contribution in [2.45, 2.75) is 116 Å². The molecule has 6 atom stereocenters. The van der Waals surface area contributed by atoms with Crippen LogP contribution in [0.5, 0.6) is 5.75 Å². The van der Waals surface area contributed by atoms with Gasteiger partial charge in [-0.15, -0.1) is 0 Å². The molecule has 2 fully saturated rings. The van der Waals surface area contributed by atoms with Gasteiger partial charge in [-0.05, 0) is 109 Å². The van der Waals surface area contributed by atoms with Gasteiger partial charge in [0, 0.05) is 47.6 Å². The number of amides is 4. The van der Waals surface area contributed by atoms with Crippen molar-refractivity contribution >= 4 is 46.2 Å². The second-order valence-electron chi connectivity index (χ2n) is 15.4. The van der Waals surface area contributed by atoms with Gasteiger partial charge in [0.15, 0.2) is 0 Å². The van der Waals surface area contributed by atoms with Crippen molar-refractivity contribution in [2.24, 2.45) is 16.8 Å². The number of methoxy groups -OCH3 is 2. The number of hydrogen-bond donors (Lipinski definition) is 3. The summed E-state index contributed by atoms with van der Waals surface area (Å²) in [5, 5.41) is 5.41. The highest BCUT2D eigenvalue weighted by atomic mass is 16.5. The van der Waals surface area contributed by atoms with Crippen molar-refractivity contribution in [3.63, 3.8) is 0 Å². The van der Waals surface area contributed by atoms with Crippen LogP contribution in [0.25, 0.3) is 33.2 Å². The molecule has 0 aliphatic carbocycles.